The van der Waals surface area contributed by atoms with Gasteiger partial charge in [-0.25, -0.2) is 0 Å². The monoisotopic (exact) mass is 246 g/mol. The van der Waals surface area contributed by atoms with Crippen LogP contribution in [0.15, 0.2) is 18.2 Å². The second kappa shape index (κ2) is 5.53. The molecule has 1 aromatic rings. The Morgan fingerprint density at radius 2 is 2.22 bits per heavy atom. The van der Waals surface area contributed by atoms with Gasteiger partial charge in [0.1, 0.15) is 0 Å². The molecule has 2 rings (SSSR count). The number of rotatable bonds is 4. The summed E-state index contributed by atoms with van der Waals surface area (Å²) in [6.45, 7) is 5.22. The van der Waals surface area contributed by atoms with Gasteiger partial charge in [-0.1, -0.05) is 13.0 Å². The van der Waals surface area contributed by atoms with Crippen LogP contribution in [0.1, 0.15) is 47.7 Å². The maximum atomic E-state index is 11.1. The molecule has 1 aliphatic rings. The molecule has 98 valence electrons. The summed E-state index contributed by atoms with van der Waals surface area (Å²) in [5, 5.41) is 3.60. The molecule has 18 heavy (non-hydrogen) atoms. The molecule has 2 atom stereocenters. The smallest absolute Gasteiger partial charge is 0.248 e. The maximum absolute atomic E-state index is 11.1. The summed E-state index contributed by atoms with van der Waals surface area (Å²) in [4.78, 5) is 11.1. The van der Waals surface area contributed by atoms with Crippen LogP contribution in [-0.4, -0.2) is 11.9 Å². The van der Waals surface area contributed by atoms with Crippen molar-refractivity contribution in [1.82, 2.24) is 5.32 Å². The Hall–Kier alpha value is -1.35. The van der Waals surface area contributed by atoms with Gasteiger partial charge in [0, 0.05) is 18.2 Å². The molecule has 1 fully saturated rings. The van der Waals surface area contributed by atoms with Gasteiger partial charge in [0.05, 0.1) is 0 Å². The van der Waals surface area contributed by atoms with Crippen LogP contribution in [0.25, 0.3) is 0 Å². The maximum Gasteiger partial charge on any atom is 0.248 e. The van der Waals surface area contributed by atoms with E-state index in [2.05, 4.69) is 12.2 Å². The van der Waals surface area contributed by atoms with Gasteiger partial charge in [0.15, 0.2) is 0 Å². The summed E-state index contributed by atoms with van der Waals surface area (Å²) in [5.74, 6) is 0.489. The first-order valence-corrected chi connectivity index (χ1v) is 6.69. The summed E-state index contributed by atoms with van der Waals surface area (Å²) >= 11 is 0. The number of aryl methyl sites for hydroxylation is 1. The average Bonchev–Trinajstić information content (AvgIpc) is 2.73. The third-order valence-electron chi connectivity index (χ3n) is 3.90. The van der Waals surface area contributed by atoms with Crippen molar-refractivity contribution >= 4 is 5.91 Å². The van der Waals surface area contributed by atoms with Crippen molar-refractivity contribution in [2.75, 3.05) is 0 Å². The molecule has 0 bridgehead atoms. The first kappa shape index (κ1) is 13.1. The van der Waals surface area contributed by atoms with Crippen molar-refractivity contribution in [2.24, 2.45) is 11.7 Å². The van der Waals surface area contributed by atoms with Crippen molar-refractivity contribution in [3.8, 4) is 0 Å². The molecule has 0 radical (unpaired) electrons. The Kier molecular flexibility index (Phi) is 4.02. The topological polar surface area (TPSA) is 55.1 Å². The van der Waals surface area contributed by atoms with Crippen LogP contribution in [0.4, 0.5) is 0 Å². The quantitative estimate of drug-likeness (QED) is 0.857. The van der Waals surface area contributed by atoms with Crippen LogP contribution in [0.3, 0.4) is 0 Å². The molecule has 0 heterocycles. The molecule has 2 unspecified atom stereocenters. The second-order valence-electron chi connectivity index (χ2n) is 5.50. The second-order valence-corrected chi connectivity index (χ2v) is 5.50. The Morgan fingerprint density at radius 1 is 1.44 bits per heavy atom. The minimum Gasteiger partial charge on any atom is -0.366 e. The zero-order valence-corrected chi connectivity index (χ0v) is 11.2. The van der Waals surface area contributed by atoms with Gasteiger partial charge in [0.2, 0.25) is 5.91 Å². The van der Waals surface area contributed by atoms with E-state index in [0.29, 0.717) is 11.6 Å². The van der Waals surface area contributed by atoms with E-state index < -0.39 is 0 Å². The number of carbonyl (C=O) groups excluding carboxylic acids is 1. The lowest BCUT2D eigenvalue weighted by atomic mass is 10.0. The molecule has 0 spiro atoms. The van der Waals surface area contributed by atoms with Crippen molar-refractivity contribution in [3.63, 3.8) is 0 Å². The number of carbonyl (C=O) groups is 1. The molecule has 0 saturated heterocycles. The molecule has 3 N–H and O–H groups in total. The van der Waals surface area contributed by atoms with Crippen molar-refractivity contribution in [1.29, 1.82) is 0 Å². The van der Waals surface area contributed by atoms with E-state index in [1.807, 2.05) is 25.1 Å². The lowest BCUT2D eigenvalue weighted by molar-refractivity contribution is 0.1000. The van der Waals surface area contributed by atoms with Gasteiger partial charge in [-0.3, -0.25) is 4.79 Å². The zero-order chi connectivity index (χ0) is 13.1. The highest BCUT2D eigenvalue weighted by Crippen LogP contribution is 2.25. The van der Waals surface area contributed by atoms with Crippen molar-refractivity contribution in [2.45, 2.75) is 45.7 Å². The van der Waals surface area contributed by atoms with Gasteiger partial charge < -0.3 is 11.1 Å². The number of nitrogens with one attached hydrogen (secondary N) is 1. The molecule has 1 amide bonds. The Balaban J connectivity index is 1.95. The van der Waals surface area contributed by atoms with Crippen molar-refractivity contribution < 1.29 is 4.79 Å². The fourth-order valence-corrected chi connectivity index (χ4v) is 2.69. The van der Waals surface area contributed by atoms with Gasteiger partial charge in [-0.2, -0.15) is 0 Å². The number of hydrogen-bond donors (Lipinski definition) is 2. The Labute approximate surface area is 109 Å². The zero-order valence-electron chi connectivity index (χ0n) is 11.2. The normalized spacial score (nSPS) is 23.2. The minimum absolute atomic E-state index is 0.359. The molecular formula is C15H22N2O. The SMILES string of the molecule is Cc1cc(C(N)=O)ccc1CNC1CCC(C)C1. The largest absolute Gasteiger partial charge is 0.366 e. The van der Waals surface area contributed by atoms with E-state index in [0.717, 1.165) is 18.0 Å². The lowest BCUT2D eigenvalue weighted by Crippen LogP contribution is -2.26. The predicted octanol–water partition coefficient (Wildman–Crippen LogP) is 2.37. The van der Waals surface area contributed by atoms with E-state index in [1.54, 1.807) is 0 Å². The first-order valence-electron chi connectivity index (χ1n) is 6.69. The number of benzene rings is 1. The molecular weight excluding hydrogens is 224 g/mol. The summed E-state index contributed by atoms with van der Waals surface area (Å²) < 4.78 is 0. The lowest BCUT2D eigenvalue weighted by Gasteiger charge is -2.14. The molecule has 1 aliphatic carbocycles. The first-order chi connectivity index (χ1) is 8.56. The molecule has 0 aromatic heterocycles. The van der Waals surface area contributed by atoms with Crippen LogP contribution in [0, 0.1) is 12.8 Å². The highest BCUT2D eigenvalue weighted by atomic mass is 16.1. The molecule has 1 saturated carbocycles. The number of amides is 1. The van der Waals surface area contributed by atoms with Crippen LogP contribution in [0.5, 0.6) is 0 Å². The molecule has 3 heteroatoms. The fourth-order valence-electron chi connectivity index (χ4n) is 2.69. The summed E-state index contributed by atoms with van der Waals surface area (Å²) in [6.07, 6.45) is 3.88. The van der Waals surface area contributed by atoms with Gasteiger partial charge in [-0.15, -0.1) is 0 Å². The summed E-state index contributed by atoms with van der Waals surface area (Å²) in [7, 11) is 0. The predicted molar refractivity (Wildman–Crippen MR) is 73.3 cm³/mol. The van der Waals surface area contributed by atoms with Crippen LogP contribution < -0.4 is 11.1 Å². The highest BCUT2D eigenvalue weighted by Gasteiger charge is 2.20. The van der Waals surface area contributed by atoms with Crippen LogP contribution >= 0.6 is 0 Å². The molecule has 1 aromatic carbocycles. The average molecular weight is 246 g/mol. The van der Waals surface area contributed by atoms with E-state index >= 15 is 0 Å². The number of primary amides is 1. The minimum atomic E-state index is -0.359. The Morgan fingerprint density at radius 3 is 2.78 bits per heavy atom. The summed E-state index contributed by atoms with van der Waals surface area (Å²) in [6, 6.07) is 6.33. The van der Waals surface area contributed by atoms with Gasteiger partial charge >= 0.3 is 0 Å². The number of nitrogens with two attached hydrogens (primary N) is 1. The van der Waals surface area contributed by atoms with Crippen LogP contribution in [0.2, 0.25) is 0 Å². The van der Waals surface area contributed by atoms with Crippen LogP contribution in [-0.2, 0) is 6.54 Å². The molecule has 3 nitrogen and oxygen atoms in total. The van der Waals surface area contributed by atoms with E-state index in [1.165, 1.54) is 24.8 Å². The molecule has 0 aliphatic heterocycles. The van der Waals surface area contributed by atoms with Gasteiger partial charge in [0.25, 0.3) is 0 Å². The van der Waals surface area contributed by atoms with E-state index in [-0.39, 0.29) is 5.91 Å². The van der Waals surface area contributed by atoms with E-state index in [9.17, 15) is 4.79 Å². The standard InChI is InChI=1S/C15H22N2O/c1-10-3-6-14(7-10)17-9-13-5-4-12(15(16)18)8-11(13)2/h4-5,8,10,14,17H,3,6-7,9H2,1-2H3,(H2,16,18). The third-order valence-corrected chi connectivity index (χ3v) is 3.90. The number of hydrogen-bond acceptors (Lipinski definition) is 2. The fraction of sp³-hybridized carbons (Fsp3) is 0.533. The third kappa shape index (κ3) is 3.10. The van der Waals surface area contributed by atoms with Gasteiger partial charge in [-0.05, 0) is 55.4 Å². The summed E-state index contributed by atoms with van der Waals surface area (Å²) in [5.41, 5.74) is 8.23. The van der Waals surface area contributed by atoms with E-state index in [4.69, 9.17) is 5.73 Å². The highest BCUT2D eigenvalue weighted by molar-refractivity contribution is 5.93. The Bertz CT molecular complexity index is 442. The van der Waals surface area contributed by atoms with Crippen molar-refractivity contribution in [3.05, 3.63) is 34.9 Å².